The van der Waals surface area contributed by atoms with Crippen molar-refractivity contribution >= 4 is 15.9 Å². The van der Waals surface area contributed by atoms with Gasteiger partial charge in [-0.1, -0.05) is 36.5 Å². The zero-order valence-corrected chi connectivity index (χ0v) is 7.44. The van der Waals surface area contributed by atoms with Crippen molar-refractivity contribution in [3.8, 4) is 0 Å². The van der Waals surface area contributed by atoms with Gasteiger partial charge in [-0.2, -0.15) is 4.39 Å². The van der Waals surface area contributed by atoms with Crippen molar-refractivity contribution in [3.05, 3.63) is 28.2 Å². The summed E-state index contributed by atoms with van der Waals surface area (Å²) in [7, 11) is 0. The number of aromatic nitrogens is 1. The highest BCUT2D eigenvalue weighted by Gasteiger charge is 2.16. The minimum absolute atomic E-state index is 0.00729. The Kier molecular flexibility index (Phi) is 0.795. The summed E-state index contributed by atoms with van der Waals surface area (Å²) >= 11 is 2.87. The van der Waals surface area contributed by atoms with E-state index < -0.39 is 37.6 Å². The van der Waals surface area contributed by atoms with Gasteiger partial charge in [0.25, 0.3) is 0 Å². The SMILES string of the molecule is [2H]C([2H])([2H])C(c1cc(Br)cc(F)n1)(C([2H])([2H])[2H])C([2H])([2H])[2H]. The molecule has 0 bridgehead atoms. The standard InChI is InChI=1S/C9H11BrFN/c1-9(2,3)7-4-6(10)5-8(11)12-7/h4-5H,1-3H3/i1D3,2D3,3D3. The summed E-state index contributed by atoms with van der Waals surface area (Å²) in [6.07, 6.45) is 0. The molecule has 0 aliphatic rings. The van der Waals surface area contributed by atoms with Crippen LogP contribution >= 0.6 is 15.9 Å². The van der Waals surface area contributed by atoms with E-state index in [9.17, 15) is 4.39 Å². The molecule has 0 aromatic carbocycles. The smallest absolute Gasteiger partial charge is 0.214 e. The van der Waals surface area contributed by atoms with E-state index in [2.05, 4.69) is 20.9 Å². The van der Waals surface area contributed by atoms with Crippen LogP contribution in [0.4, 0.5) is 4.39 Å². The third-order valence-electron chi connectivity index (χ3n) is 1.14. The molecule has 0 fully saturated rings. The van der Waals surface area contributed by atoms with Gasteiger partial charge in [-0.15, -0.1) is 0 Å². The molecule has 0 spiro atoms. The van der Waals surface area contributed by atoms with Crippen molar-refractivity contribution < 1.29 is 16.7 Å². The van der Waals surface area contributed by atoms with Gasteiger partial charge in [0.05, 0.1) is 5.69 Å². The molecule has 0 saturated heterocycles. The highest BCUT2D eigenvalue weighted by Crippen LogP contribution is 2.23. The predicted octanol–water partition coefficient (Wildman–Crippen LogP) is 3.28. The van der Waals surface area contributed by atoms with Gasteiger partial charge in [-0.3, -0.25) is 0 Å². The van der Waals surface area contributed by atoms with Gasteiger partial charge in [0.1, 0.15) is 0 Å². The first-order valence-electron chi connectivity index (χ1n) is 7.48. The predicted molar refractivity (Wildman–Crippen MR) is 50.6 cm³/mol. The van der Waals surface area contributed by atoms with Crippen LogP contribution in [0.5, 0.6) is 0 Å². The Balaban J connectivity index is 3.90. The lowest BCUT2D eigenvalue weighted by atomic mass is 9.92. The van der Waals surface area contributed by atoms with Crippen LogP contribution in [0, 0.1) is 5.95 Å². The molecule has 0 radical (unpaired) electrons. The Morgan fingerprint density at radius 2 is 2.17 bits per heavy atom. The fraction of sp³-hybridized carbons (Fsp3) is 0.444. The van der Waals surface area contributed by atoms with E-state index in [1.54, 1.807) is 0 Å². The van der Waals surface area contributed by atoms with Gasteiger partial charge in [0, 0.05) is 28.3 Å². The van der Waals surface area contributed by atoms with Crippen molar-refractivity contribution in [2.24, 2.45) is 0 Å². The Labute approximate surface area is 92.8 Å². The van der Waals surface area contributed by atoms with E-state index >= 15 is 0 Å². The summed E-state index contributed by atoms with van der Waals surface area (Å²) in [5.41, 5.74) is -4.16. The van der Waals surface area contributed by atoms with E-state index in [1.165, 1.54) is 0 Å². The highest BCUT2D eigenvalue weighted by atomic mass is 79.9. The number of rotatable bonds is 0. The second-order valence-corrected chi connectivity index (χ2v) is 3.16. The third kappa shape index (κ3) is 2.27. The summed E-state index contributed by atoms with van der Waals surface area (Å²) in [5, 5.41) is 0. The molecule has 12 heavy (non-hydrogen) atoms. The average molecular weight is 241 g/mol. The zero-order valence-electron chi connectivity index (χ0n) is 14.9. The van der Waals surface area contributed by atoms with Crippen LogP contribution < -0.4 is 0 Å². The number of nitrogens with zero attached hydrogens (tertiary/aromatic N) is 1. The number of pyridine rings is 1. The molecule has 0 aliphatic heterocycles. The fourth-order valence-electron chi connectivity index (χ4n) is 0.658. The molecule has 0 aliphatic carbocycles. The maximum atomic E-state index is 13.4. The summed E-state index contributed by atoms with van der Waals surface area (Å²) in [6, 6.07) is 1.76. The molecule has 0 saturated carbocycles. The Bertz CT molecular complexity index is 477. The molecular weight excluding hydrogens is 221 g/mol. The van der Waals surface area contributed by atoms with Gasteiger partial charge < -0.3 is 0 Å². The number of hydrogen-bond acceptors (Lipinski definition) is 1. The zero-order chi connectivity index (χ0) is 16.9. The summed E-state index contributed by atoms with van der Waals surface area (Å²) in [5.74, 6) is -1.18. The van der Waals surface area contributed by atoms with Crippen molar-refractivity contribution in [3.63, 3.8) is 0 Å². The first-order valence-corrected chi connectivity index (χ1v) is 3.77. The summed E-state index contributed by atoms with van der Waals surface area (Å²) in [6.45, 7) is -10.4. The van der Waals surface area contributed by atoms with E-state index in [0.717, 1.165) is 12.1 Å². The average Bonchev–Trinajstić information content (AvgIpc) is 2.07. The molecule has 0 atom stereocenters. The van der Waals surface area contributed by atoms with Crippen molar-refractivity contribution in [1.82, 2.24) is 4.98 Å². The van der Waals surface area contributed by atoms with Crippen molar-refractivity contribution in [1.29, 1.82) is 0 Å². The maximum absolute atomic E-state index is 13.4. The minimum Gasteiger partial charge on any atom is -0.224 e. The lowest BCUT2D eigenvalue weighted by molar-refractivity contribution is 0.522. The van der Waals surface area contributed by atoms with E-state index in [4.69, 9.17) is 12.3 Å². The minimum atomic E-state index is -3.45. The Morgan fingerprint density at radius 1 is 1.50 bits per heavy atom. The van der Waals surface area contributed by atoms with E-state index in [0.29, 0.717) is 0 Å². The molecule has 66 valence electrons. The summed E-state index contributed by atoms with van der Waals surface area (Å²) in [4.78, 5) is 3.23. The topological polar surface area (TPSA) is 12.9 Å². The molecule has 1 nitrogen and oxygen atoms in total. The molecule has 1 heterocycles. The monoisotopic (exact) mass is 240 g/mol. The second-order valence-electron chi connectivity index (χ2n) is 2.24. The fourth-order valence-corrected chi connectivity index (χ4v) is 1.06. The maximum Gasteiger partial charge on any atom is 0.214 e. The van der Waals surface area contributed by atoms with Gasteiger partial charge in [0.2, 0.25) is 5.95 Å². The van der Waals surface area contributed by atoms with Crippen LogP contribution in [0.25, 0.3) is 0 Å². The molecule has 1 aromatic rings. The molecule has 3 heteroatoms. The van der Waals surface area contributed by atoms with Crippen molar-refractivity contribution in [2.75, 3.05) is 0 Å². The quantitative estimate of drug-likeness (QED) is 0.635. The molecule has 0 amide bonds. The van der Waals surface area contributed by atoms with Crippen LogP contribution in [0.3, 0.4) is 0 Å². The molecule has 0 N–H and O–H groups in total. The first-order chi connectivity index (χ1) is 9.14. The van der Waals surface area contributed by atoms with Crippen molar-refractivity contribution in [2.45, 2.75) is 26.0 Å². The van der Waals surface area contributed by atoms with Crippen LogP contribution in [0.15, 0.2) is 16.6 Å². The lowest BCUT2D eigenvalue weighted by Gasteiger charge is -2.17. The van der Waals surface area contributed by atoms with Crippen LogP contribution in [-0.4, -0.2) is 4.98 Å². The summed E-state index contributed by atoms with van der Waals surface area (Å²) < 4.78 is 80.6. The van der Waals surface area contributed by atoms with Gasteiger partial charge in [0.15, 0.2) is 0 Å². The number of halogens is 2. The largest absolute Gasteiger partial charge is 0.224 e. The second kappa shape index (κ2) is 3.13. The van der Waals surface area contributed by atoms with Crippen LogP contribution in [-0.2, 0) is 5.41 Å². The lowest BCUT2D eigenvalue weighted by Crippen LogP contribution is -2.14. The Morgan fingerprint density at radius 3 is 2.67 bits per heavy atom. The van der Waals surface area contributed by atoms with Gasteiger partial charge in [-0.25, -0.2) is 4.98 Å². The Hall–Kier alpha value is -0.440. The third-order valence-corrected chi connectivity index (χ3v) is 1.60. The molecular formula is C9H11BrFN. The first kappa shape index (κ1) is 3.05. The van der Waals surface area contributed by atoms with Crippen LogP contribution in [0.2, 0.25) is 0 Å². The van der Waals surface area contributed by atoms with E-state index in [1.807, 2.05) is 0 Å². The molecule has 1 aromatic heterocycles. The van der Waals surface area contributed by atoms with Gasteiger partial charge >= 0.3 is 0 Å². The normalized spacial score (nSPS) is 26.0. The number of hydrogen-bond donors (Lipinski definition) is 0. The van der Waals surface area contributed by atoms with Crippen LogP contribution in [0.1, 0.15) is 38.6 Å². The molecule has 1 rings (SSSR count). The highest BCUT2D eigenvalue weighted by molar-refractivity contribution is 9.10. The van der Waals surface area contributed by atoms with Gasteiger partial charge in [-0.05, 0) is 6.07 Å². The van der Waals surface area contributed by atoms with E-state index in [-0.39, 0.29) is 4.47 Å². The molecule has 0 unspecified atom stereocenters.